The van der Waals surface area contributed by atoms with Gasteiger partial charge < -0.3 is 10.4 Å². The number of carbonyl (C=O) groups excluding carboxylic acids is 1. The monoisotopic (exact) mass is 293 g/mol. The molecule has 3 N–H and O–H groups in total. The Hall–Kier alpha value is -1.36. The first kappa shape index (κ1) is 16.0. The molecule has 5 nitrogen and oxygen atoms in total. The summed E-state index contributed by atoms with van der Waals surface area (Å²) in [6.07, 6.45) is 7.36. The van der Waals surface area contributed by atoms with Crippen molar-refractivity contribution in [3.8, 4) is 0 Å². The Balaban J connectivity index is 1.99. The summed E-state index contributed by atoms with van der Waals surface area (Å²) in [4.78, 5) is 12.5. The number of hydrogen-bond donors (Lipinski definition) is 3. The summed E-state index contributed by atoms with van der Waals surface area (Å²) in [5.74, 6) is 0.0228. The zero-order valence-corrected chi connectivity index (χ0v) is 13.1. The van der Waals surface area contributed by atoms with Crippen molar-refractivity contribution in [3.05, 3.63) is 17.5 Å². The molecule has 5 heteroatoms. The molecule has 0 bridgehead atoms. The molecule has 0 saturated carbocycles. The van der Waals surface area contributed by atoms with E-state index in [1.54, 1.807) is 6.20 Å². The molecule has 0 aliphatic heterocycles. The number of aliphatic hydroxyl groups is 1. The quantitative estimate of drug-likeness (QED) is 0.720. The van der Waals surface area contributed by atoms with E-state index in [4.69, 9.17) is 0 Å². The van der Waals surface area contributed by atoms with E-state index >= 15 is 0 Å². The number of H-pyrrole nitrogens is 1. The number of fused-ring (bicyclic) bond motifs is 1. The van der Waals surface area contributed by atoms with Gasteiger partial charge in [-0.2, -0.15) is 5.10 Å². The summed E-state index contributed by atoms with van der Waals surface area (Å²) < 4.78 is 0. The number of hydrogen-bond acceptors (Lipinski definition) is 3. The molecule has 1 aliphatic carbocycles. The Kier molecular flexibility index (Phi) is 5.39. The van der Waals surface area contributed by atoms with Gasteiger partial charge in [-0.3, -0.25) is 9.89 Å². The van der Waals surface area contributed by atoms with Crippen LogP contribution in [0, 0.1) is 5.41 Å². The van der Waals surface area contributed by atoms with Crippen molar-refractivity contribution in [1.29, 1.82) is 0 Å². The van der Waals surface area contributed by atoms with Gasteiger partial charge in [0.05, 0.1) is 12.1 Å². The Morgan fingerprint density at radius 3 is 2.95 bits per heavy atom. The fourth-order valence-electron chi connectivity index (χ4n) is 3.31. The van der Waals surface area contributed by atoms with Crippen LogP contribution < -0.4 is 5.32 Å². The summed E-state index contributed by atoms with van der Waals surface area (Å²) in [5.41, 5.74) is 2.17. The molecular formula is C16H27N3O2. The Bertz CT molecular complexity index is 466. The largest absolute Gasteiger partial charge is 0.396 e. The molecule has 1 aromatic rings. The third kappa shape index (κ3) is 3.46. The number of aromatic amines is 1. The minimum absolute atomic E-state index is 0.0122. The molecule has 1 heterocycles. The lowest BCUT2D eigenvalue weighted by molar-refractivity contribution is -0.123. The molecule has 21 heavy (non-hydrogen) atoms. The van der Waals surface area contributed by atoms with Crippen molar-refractivity contribution in [2.75, 3.05) is 13.2 Å². The number of rotatable bonds is 7. The zero-order chi connectivity index (χ0) is 15.3. The van der Waals surface area contributed by atoms with E-state index in [2.05, 4.69) is 29.4 Å². The third-order valence-corrected chi connectivity index (χ3v) is 5.14. The normalized spacial score (nSPS) is 18.3. The van der Waals surface area contributed by atoms with Gasteiger partial charge in [0.2, 0.25) is 5.91 Å². The van der Waals surface area contributed by atoms with Crippen molar-refractivity contribution < 1.29 is 9.90 Å². The third-order valence-electron chi connectivity index (χ3n) is 5.14. The van der Waals surface area contributed by atoms with Crippen LogP contribution in [-0.2, 0) is 11.2 Å². The van der Waals surface area contributed by atoms with Crippen LogP contribution in [0.15, 0.2) is 6.20 Å². The topological polar surface area (TPSA) is 78.0 Å². The average molecular weight is 293 g/mol. The summed E-state index contributed by atoms with van der Waals surface area (Å²) in [6, 6.07) is 0. The van der Waals surface area contributed by atoms with E-state index in [-0.39, 0.29) is 23.8 Å². The number of aromatic nitrogens is 2. The van der Waals surface area contributed by atoms with Crippen LogP contribution >= 0.6 is 0 Å². The van der Waals surface area contributed by atoms with E-state index in [0.717, 1.165) is 49.8 Å². The van der Waals surface area contributed by atoms with E-state index in [1.165, 1.54) is 0 Å². The van der Waals surface area contributed by atoms with Crippen LogP contribution in [-0.4, -0.2) is 34.4 Å². The molecule has 0 unspecified atom stereocenters. The highest BCUT2D eigenvalue weighted by molar-refractivity contribution is 5.84. The molecule has 1 aromatic heterocycles. The van der Waals surface area contributed by atoms with Gasteiger partial charge in [0.25, 0.3) is 0 Å². The molecule has 1 atom stereocenters. The van der Waals surface area contributed by atoms with Gasteiger partial charge in [0.1, 0.15) is 0 Å². The predicted molar refractivity (Wildman–Crippen MR) is 82.0 cm³/mol. The second-order valence-corrected chi connectivity index (χ2v) is 6.15. The van der Waals surface area contributed by atoms with Gasteiger partial charge in [0, 0.05) is 24.4 Å². The van der Waals surface area contributed by atoms with Crippen LogP contribution in [0.2, 0.25) is 0 Å². The number of aliphatic hydroxyl groups excluding tert-OH is 1. The fourth-order valence-corrected chi connectivity index (χ4v) is 3.31. The van der Waals surface area contributed by atoms with Crippen molar-refractivity contribution in [2.24, 2.45) is 5.41 Å². The van der Waals surface area contributed by atoms with E-state index in [0.29, 0.717) is 6.54 Å². The Morgan fingerprint density at radius 2 is 2.29 bits per heavy atom. The fraction of sp³-hybridized carbons (Fsp3) is 0.750. The average Bonchev–Trinajstić information content (AvgIpc) is 2.99. The highest BCUT2D eigenvalue weighted by Crippen LogP contribution is 2.32. The van der Waals surface area contributed by atoms with E-state index < -0.39 is 0 Å². The Labute approximate surface area is 126 Å². The number of carbonyl (C=O) groups is 1. The van der Waals surface area contributed by atoms with Gasteiger partial charge in [-0.1, -0.05) is 13.8 Å². The number of nitrogens with one attached hydrogen (secondary N) is 2. The molecule has 118 valence electrons. The first-order valence-electron chi connectivity index (χ1n) is 8.06. The maximum atomic E-state index is 12.5. The van der Waals surface area contributed by atoms with Crippen LogP contribution in [0.5, 0.6) is 0 Å². The van der Waals surface area contributed by atoms with Gasteiger partial charge >= 0.3 is 0 Å². The standard InChI is InChI=1S/C16H27N3O2/c1-3-16(4-2,8-9-20)11-17-15(21)12-6-5-7-14-13(12)10-18-19-14/h10,12,20H,3-9,11H2,1-2H3,(H,17,21)(H,18,19)/t12-/m1/s1. The highest BCUT2D eigenvalue weighted by atomic mass is 16.3. The van der Waals surface area contributed by atoms with Gasteiger partial charge in [-0.05, 0) is 43.9 Å². The van der Waals surface area contributed by atoms with Gasteiger partial charge in [-0.15, -0.1) is 0 Å². The molecule has 0 radical (unpaired) electrons. The summed E-state index contributed by atoms with van der Waals surface area (Å²) >= 11 is 0. The van der Waals surface area contributed by atoms with Crippen LogP contribution in [0.3, 0.4) is 0 Å². The van der Waals surface area contributed by atoms with Gasteiger partial charge in [0.15, 0.2) is 0 Å². The molecule has 2 rings (SSSR count). The minimum atomic E-state index is -0.0759. The lowest BCUT2D eigenvalue weighted by Gasteiger charge is -2.32. The van der Waals surface area contributed by atoms with Crippen molar-refractivity contribution >= 4 is 5.91 Å². The molecule has 1 amide bonds. The van der Waals surface area contributed by atoms with E-state index in [1.807, 2.05) is 0 Å². The lowest BCUT2D eigenvalue weighted by Crippen LogP contribution is -2.40. The second-order valence-electron chi connectivity index (χ2n) is 6.15. The molecule has 0 fully saturated rings. The van der Waals surface area contributed by atoms with Crippen molar-refractivity contribution in [1.82, 2.24) is 15.5 Å². The number of nitrogens with zero attached hydrogens (tertiary/aromatic N) is 1. The smallest absolute Gasteiger partial charge is 0.227 e. The van der Waals surface area contributed by atoms with Crippen LogP contribution in [0.25, 0.3) is 0 Å². The first-order chi connectivity index (χ1) is 10.2. The van der Waals surface area contributed by atoms with Crippen LogP contribution in [0.4, 0.5) is 0 Å². The first-order valence-corrected chi connectivity index (χ1v) is 8.06. The zero-order valence-electron chi connectivity index (χ0n) is 13.1. The lowest BCUT2D eigenvalue weighted by atomic mass is 9.79. The SMILES string of the molecule is CCC(CC)(CCO)CNC(=O)[C@@H]1CCCc2[nH]ncc21. The molecule has 0 aromatic carbocycles. The number of amides is 1. The second kappa shape index (κ2) is 7.07. The number of aryl methyl sites for hydroxylation is 1. The van der Waals surface area contributed by atoms with E-state index in [9.17, 15) is 9.90 Å². The summed E-state index contributed by atoms with van der Waals surface area (Å²) in [7, 11) is 0. The molecule has 1 aliphatic rings. The molecule has 0 saturated heterocycles. The molecular weight excluding hydrogens is 266 g/mol. The minimum Gasteiger partial charge on any atom is -0.396 e. The summed E-state index contributed by atoms with van der Waals surface area (Å²) in [6.45, 7) is 5.07. The Morgan fingerprint density at radius 1 is 1.52 bits per heavy atom. The summed E-state index contributed by atoms with van der Waals surface area (Å²) in [5, 5.41) is 19.4. The van der Waals surface area contributed by atoms with Crippen molar-refractivity contribution in [3.63, 3.8) is 0 Å². The van der Waals surface area contributed by atoms with Gasteiger partial charge in [-0.25, -0.2) is 0 Å². The van der Waals surface area contributed by atoms with Crippen molar-refractivity contribution in [2.45, 2.75) is 58.3 Å². The molecule has 0 spiro atoms. The highest BCUT2D eigenvalue weighted by Gasteiger charge is 2.31. The predicted octanol–water partition coefficient (Wildman–Crippen LogP) is 2.13. The maximum Gasteiger partial charge on any atom is 0.227 e. The maximum absolute atomic E-state index is 12.5. The van der Waals surface area contributed by atoms with Crippen LogP contribution in [0.1, 0.15) is 63.1 Å².